The Morgan fingerprint density at radius 1 is 1.29 bits per heavy atom. The van der Waals surface area contributed by atoms with E-state index in [1.54, 1.807) is 0 Å². The Labute approximate surface area is 102 Å². The summed E-state index contributed by atoms with van der Waals surface area (Å²) in [5.74, 6) is -0.0210. The van der Waals surface area contributed by atoms with Crippen LogP contribution in [0.25, 0.3) is 0 Å². The first-order valence-electron chi connectivity index (χ1n) is 6.25. The quantitative estimate of drug-likeness (QED) is 0.836. The summed E-state index contributed by atoms with van der Waals surface area (Å²) < 4.78 is 0. The van der Waals surface area contributed by atoms with Crippen molar-refractivity contribution in [2.45, 2.75) is 19.3 Å². The van der Waals surface area contributed by atoms with Crippen LogP contribution in [0, 0.1) is 5.92 Å². The average Bonchev–Trinajstić information content (AvgIpc) is 2.72. The fourth-order valence-corrected chi connectivity index (χ4v) is 2.31. The zero-order valence-electron chi connectivity index (χ0n) is 10.0. The van der Waals surface area contributed by atoms with Crippen molar-refractivity contribution in [2.75, 3.05) is 19.7 Å². The Morgan fingerprint density at radius 3 is 2.71 bits per heavy atom. The lowest BCUT2D eigenvalue weighted by Crippen LogP contribution is -2.29. The fraction of sp³-hybridized carbons (Fsp3) is 0.500. The van der Waals surface area contributed by atoms with E-state index < -0.39 is 0 Å². The number of nitrogens with zero attached hydrogens (tertiary/aromatic N) is 1. The fourth-order valence-electron chi connectivity index (χ4n) is 2.31. The van der Waals surface area contributed by atoms with E-state index in [1.807, 2.05) is 23.1 Å². The summed E-state index contributed by atoms with van der Waals surface area (Å²) in [5, 5.41) is 9.01. The molecule has 0 aromatic heterocycles. The van der Waals surface area contributed by atoms with E-state index in [2.05, 4.69) is 12.1 Å². The Balaban J connectivity index is 1.75. The van der Waals surface area contributed by atoms with Gasteiger partial charge in [-0.3, -0.25) is 4.79 Å². The van der Waals surface area contributed by atoms with Crippen LogP contribution in [0.5, 0.6) is 0 Å². The van der Waals surface area contributed by atoms with Gasteiger partial charge in [-0.1, -0.05) is 30.3 Å². The number of hydrogen-bond acceptors (Lipinski definition) is 2. The van der Waals surface area contributed by atoms with Gasteiger partial charge < -0.3 is 10.0 Å². The van der Waals surface area contributed by atoms with Gasteiger partial charge in [-0.05, 0) is 24.8 Å². The van der Waals surface area contributed by atoms with Crippen molar-refractivity contribution in [3.63, 3.8) is 0 Å². The molecular weight excluding hydrogens is 214 g/mol. The highest BCUT2D eigenvalue weighted by Gasteiger charge is 2.30. The summed E-state index contributed by atoms with van der Waals surface area (Å²) in [4.78, 5) is 13.6. The van der Waals surface area contributed by atoms with E-state index in [0.717, 1.165) is 32.4 Å². The molecule has 0 spiro atoms. The molecule has 1 aromatic rings. The molecular formula is C14H19NO2. The molecule has 1 atom stereocenters. The van der Waals surface area contributed by atoms with Crippen LogP contribution in [0.15, 0.2) is 30.3 Å². The van der Waals surface area contributed by atoms with Crippen LogP contribution in [-0.4, -0.2) is 35.6 Å². The monoisotopic (exact) mass is 233 g/mol. The summed E-state index contributed by atoms with van der Waals surface area (Å²) in [6.07, 6.45) is 2.81. The molecule has 1 aliphatic rings. The van der Waals surface area contributed by atoms with Gasteiger partial charge in [0.15, 0.2) is 0 Å². The minimum atomic E-state index is -0.147. The Morgan fingerprint density at radius 2 is 2.06 bits per heavy atom. The Kier molecular flexibility index (Phi) is 4.15. The lowest BCUT2D eigenvalue weighted by atomic mass is 10.1. The molecule has 1 saturated heterocycles. The summed E-state index contributed by atoms with van der Waals surface area (Å²) in [7, 11) is 0. The number of aliphatic hydroxyl groups excluding tert-OH is 1. The van der Waals surface area contributed by atoms with Crippen molar-refractivity contribution < 1.29 is 9.90 Å². The molecule has 17 heavy (non-hydrogen) atoms. The van der Waals surface area contributed by atoms with E-state index in [0.29, 0.717) is 0 Å². The van der Waals surface area contributed by atoms with Gasteiger partial charge in [-0.25, -0.2) is 0 Å². The third-order valence-corrected chi connectivity index (χ3v) is 3.37. The highest BCUT2D eigenvalue weighted by Crippen LogP contribution is 2.17. The molecule has 2 rings (SSSR count). The van der Waals surface area contributed by atoms with Gasteiger partial charge in [-0.15, -0.1) is 0 Å². The molecule has 0 bridgehead atoms. The third kappa shape index (κ3) is 3.07. The first-order valence-corrected chi connectivity index (χ1v) is 6.25. The number of hydrogen-bond donors (Lipinski definition) is 1. The molecule has 92 valence electrons. The van der Waals surface area contributed by atoms with E-state index in [9.17, 15) is 4.79 Å². The van der Waals surface area contributed by atoms with Crippen molar-refractivity contribution in [3.8, 4) is 0 Å². The second kappa shape index (κ2) is 5.82. The SMILES string of the molecule is O=C1C(CO)CCN1CCCc1ccccc1. The van der Waals surface area contributed by atoms with Gasteiger partial charge in [0, 0.05) is 13.1 Å². The molecule has 3 nitrogen and oxygen atoms in total. The van der Waals surface area contributed by atoms with Crippen LogP contribution in [0.4, 0.5) is 0 Å². The molecule has 1 aliphatic heterocycles. The molecule has 1 aromatic carbocycles. The second-order valence-corrected chi connectivity index (χ2v) is 4.58. The molecule has 0 aliphatic carbocycles. The molecule has 1 N–H and O–H groups in total. The van der Waals surface area contributed by atoms with E-state index >= 15 is 0 Å². The number of aryl methyl sites for hydroxylation is 1. The average molecular weight is 233 g/mol. The van der Waals surface area contributed by atoms with Crippen molar-refractivity contribution >= 4 is 5.91 Å². The van der Waals surface area contributed by atoms with E-state index in [4.69, 9.17) is 5.11 Å². The number of carbonyl (C=O) groups is 1. The maximum atomic E-state index is 11.7. The van der Waals surface area contributed by atoms with Crippen LogP contribution < -0.4 is 0 Å². The maximum absolute atomic E-state index is 11.7. The number of rotatable bonds is 5. The van der Waals surface area contributed by atoms with Gasteiger partial charge in [0.2, 0.25) is 5.91 Å². The van der Waals surface area contributed by atoms with Crippen molar-refractivity contribution in [1.29, 1.82) is 0 Å². The van der Waals surface area contributed by atoms with Gasteiger partial charge >= 0.3 is 0 Å². The molecule has 1 fully saturated rings. The van der Waals surface area contributed by atoms with Crippen LogP contribution >= 0.6 is 0 Å². The molecule has 3 heteroatoms. The minimum absolute atomic E-state index is 0.00593. The number of likely N-dealkylation sites (tertiary alicyclic amines) is 1. The van der Waals surface area contributed by atoms with Crippen molar-refractivity contribution in [3.05, 3.63) is 35.9 Å². The third-order valence-electron chi connectivity index (χ3n) is 3.37. The normalized spacial score (nSPS) is 19.9. The first-order chi connectivity index (χ1) is 8.31. The highest BCUT2D eigenvalue weighted by molar-refractivity contribution is 5.80. The van der Waals surface area contributed by atoms with Gasteiger partial charge in [0.1, 0.15) is 0 Å². The molecule has 1 amide bonds. The van der Waals surface area contributed by atoms with Gasteiger partial charge in [0.05, 0.1) is 12.5 Å². The smallest absolute Gasteiger partial charge is 0.228 e. The molecule has 1 heterocycles. The lowest BCUT2D eigenvalue weighted by Gasteiger charge is -2.16. The predicted octanol–water partition coefficient (Wildman–Crippen LogP) is 1.46. The van der Waals surface area contributed by atoms with Crippen LogP contribution in [-0.2, 0) is 11.2 Å². The standard InChI is InChI=1S/C14H19NO2/c16-11-13-8-10-15(14(13)17)9-4-7-12-5-2-1-3-6-12/h1-3,5-6,13,16H,4,7-11H2. The van der Waals surface area contributed by atoms with Crippen LogP contribution in [0.1, 0.15) is 18.4 Å². The van der Waals surface area contributed by atoms with Crippen molar-refractivity contribution in [1.82, 2.24) is 4.90 Å². The maximum Gasteiger partial charge on any atom is 0.228 e. The number of benzene rings is 1. The lowest BCUT2D eigenvalue weighted by molar-refractivity contribution is -0.131. The van der Waals surface area contributed by atoms with Crippen molar-refractivity contribution in [2.24, 2.45) is 5.92 Å². The Bertz CT molecular complexity index is 364. The molecule has 1 unspecified atom stereocenters. The zero-order chi connectivity index (χ0) is 12.1. The molecule has 0 saturated carbocycles. The number of amides is 1. The first kappa shape index (κ1) is 12.1. The summed E-state index contributed by atoms with van der Waals surface area (Å²) in [5.41, 5.74) is 1.32. The van der Waals surface area contributed by atoms with E-state index in [1.165, 1.54) is 5.56 Å². The number of carbonyl (C=O) groups excluding carboxylic acids is 1. The predicted molar refractivity (Wildman–Crippen MR) is 66.5 cm³/mol. The molecule has 0 radical (unpaired) electrons. The van der Waals surface area contributed by atoms with E-state index in [-0.39, 0.29) is 18.4 Å². The highest BCUT2D eigenvalue weighted by atomic mass is 16.3. The summed E-state index contributed by atoms with van der Waals surface area (Å²) >= 11 is 0. The van der Waals surface area contributed by atoms with Crippen LogP contribution in [0.3, 0.4) is 0 Å². The zero-order valence-corrected chi connectivity index (χ0v) is 10.0. The Hall–Kier alpha value is -1.35. The minimum Gasteiger partial charge on any atom is -0.396 e. The number of aliphatic hydroxyl groups is 1. The van der Waals surface area contributed by atoms with Crippen LogP contribution in [0.2, 0.25) is 0 Å². The second-order valence-electron chi connectivity index (χ2n) is 4.58. The van der Waals surface area contributed by atoms with Gasteiger partial charge in [0.25, 0.3) is 0 Å². The summed E-state index contributed by atoms with van der Waals surface area (Å²) in [6, 6.07) is 10.3. The topological polar surface area (TPSA) is 40.5 Å². The van der Waals surface area contributed by atoms with Gasteiger partial charge in [-0.2, -0.15) is 0 Å². The largest absolute Gasteiger partial charge is 0.396 e. The summed E-state index contributed by atoms with van der Waals surface area (Å²) in [6.45, 7) is 1.61.